The van der Waals surface area contributed by atoms with Crippen molar-refractivity contribution in [3.8, 4) is 5.75 Å². The molecule has 0 amide bonds. The van der Waals surface area contributed by atoms with Crippen molar-refractivity contribution in [1.82, 2.24) is 5.32 Å². The van der Waals surface area contributed by atoms with Gasteiger partial charge >= 0.3 is 0 Å². The van der Waals surface area contributed by atoms with Gasteiger partial charge < -0.3 is 15.2 Å². The Hall–Kier alpha value is -1.36. The maximum Gasteiger partial charge on any atom is 0.119 e. The fraction of sp³-hybridized carbons (Fsp3) is 0.294. The molecule has 3 nitrogen and oxygen atoms in total. The van der Waals surface area contributed by atoms with Crippen LogP contribution < -0.4 is 10.1 Å². The van der Waals surface area contributed by atoms with Gasteiger partial charge in [0.15, 0.2) is 0 Å². The van der Waals surface area contributed by atoms with E-state index in [4.69, 9.17) is 4.74 Å². The van der Waals surface area contributed by atoms with E-state index in [0.717, 1.165) is 10.2 Å². The van der Waals surface area contributed by atoms with Gasteiger partial charge in [-0.05, 0) is 36.8 Å². The molecule has 112 valence electrons. The lowest BCUT2D eigenvalue weighted by atomic mass is 10.1. The Morgan fingerprint density at radius 2 is 1.76 bits per heavy atom. The summed E-state index contributed by atoms with van der Waals surface area (Å²) >= 11 is 3.42. The van der Waals surface area contributed by atoms with Crippen LogP contribution in [0.15, 0.2) is 59.1 Å². The molecule has 0 fully saturated rings. The van der Waals surface area contributed by atoms with Crippen LogP contribution in [0.2, 0.25) is 0 Å². The van der Waals surface area contributed by atoms with E-state index >= 15 is 0 Å². The minimum Gasteiger partial charge on any atom is -0.491 e. The first-order valence-electron chi connectivity index (χ1n) is 7.00. The van der Waals surface area contributed by atoms with E-state index < -0.39 is 6.10 Å². The van der Waals surface area contributed by atoms with Crippen molar-refractivity contribution in [2.24, 2.45) is 0 Å². The number of hydrogen-bond acceptors (Lipinski definition) is 3. The van der Waals surface area contributed by atoms with Crippen molar-refractivity contribution in [3.63, 3.8) is 0 Å². The molecule has 0 radical (unpaired) electrons. The molecule has 0 heterocycles. The highest BCUT2D eigenvalue weighted by Crippen LogP contribution is 2.16. The number of aliphatic hydroxyl groups is 1. The van der Waals surface area contributed by atoms with Crippen LogP contribution in [0.3, 0.4) is 0 Å². The van der Waals surface area contributed by atoms with Gasteiger partial charge in [0.25, 0.3) is 0 Å². The first-order valence-corrected chi connectivity index (χ1v) is 7.79. The summed E-state index contributed by atoms with van der Waals surface area (Å²) in [6.45, 7) is 2.85. The average Bonchev–Trinajstić information content (AvgIpc) is 2.52. The fourth-order valence-corrected chi connectivity index (χ4v) is 2.21. The molecular formula is C17H20BrNO2. The van der Waals surface area contributed by atoms with Crippen LogP contribution in [0.25, 0.3) is 0 Å². The van der Waals surface area contributed by atoms with Gasteiger partial charge in [-0.2, -0.15) is 0 Å². The molecule has 2 rings (SSSR count). The molecule has 0 saturated carbocycles. The molecule has 1 unspecified atom stereocenters. The Bertz CT molecular complexity index is 530. The summed E-state index contributed by atoms with van der Waals surface area (Å²) in [6, 6.07) is 17.9. The highest BCUT2D eigenvalue weighted by atomic mass is 79.9. The lowest BCUT2D eigenvalue weighted by molar-refractivity contribution is 0.104. The third-order valence-corrected chi connectivity index (χ3v) is 3.74. The number of benzene rings is 2. The van der Waals surface area contributed by atoms with E-state index in [9.17, 15) is 5.11 Å². The molecule has 4 heteroatoms. The topological polar surface area (TPSA) is 41.5 Å². The van der Waals surface area contributed by atoms with Gasteiger partial charge in [-0.15, -0.1) is 0 Å². The molecule has 2 atom stereocenters. The van der Waals surface area contributed by atoms with Crippen molar-refractivity contribution in [2.45, 2.75) is 19.1 Å². The standard InChI is InChI=1S/C17H20BrNO2/c1-13(14-7-9-15(18)10-8-14)19-11-16(20)12-21-17-5-3-2-4-6-17/h2-10,13,16,19-20H,11-12H2,1H3/t13-,16?/m0/s1. The maximum absolute atomic E-state index is 9.96. The lowest BCUT2D eigenvalue weighted by Crippen LogP contribution is -2.33. The number of hydrogen-bond donors (Lipinski definition) is 2. The monoisotopic (exact) mass is 349 g/mol. The summed E-state index contributed by atoms with van der Waals surface area (Å²) in [5, 5.41) is 13.3. The molecule has 0 spiro atoms. The number of ether oxygens (including phenoxy) is 1. The molecule has 0 saturated heterocycles. The molecule has 2 N–H and O–H groups in total. The van der Waals surface area contributed by atoms with Crippen LogP contribution in [0.4, 0.5) is 0 Å². The van der Waals surface area contributed by atoms with E-state index in [0.29, 0.717) is 6.54 Å². The van der Waals surface area contributed by atoms with Gasteiger partial charge in [-0.1, -0.05) is 46.3 Å². The molecule has 0 aliphatic rings. The minimum atomic E-state index is -0.539. The second kappa shape index (κ2) is 8.17. The normalized spacial score (nSPS) is 13.7. The fourth-order valence-electron chi connectivity index (χ4n) is 1.95. The van der Waals surface area contributed by atoms with Crippen LogP contribution >= 0.6 is 15.9 Å². The summed E-state index contributed by atoms with van der Waals surface area (Å²) in [5.41, 5.74) is 1.19. The third kappa shape index (κ3) is 5.50. The Labute approximate surface area is 134 Å². The summed E-state index contributed by atoms with van der Waals surface area (Å²) in [7, 11) is 0. The van der Waals surface area contributed by atoms with Crippen LogP contribution in [-0.4, -0.2) is 24.4 Å². The van der Waals surface area contributed by atoms with Crippen LogP contribution in [0.5, 0.6) is 5.75 Å². The van der Waals surface area contributed by atoms with E-state index in [1.165, 1.54) is 5.56 Å². The summed E-state index contributed by atoms with van der Waals surface area (Å²) in [4.78, 5) is 0. The van der Waals surface area contributed by atoms with Gasteiger partial charge in [-0.3, -0.25) is 0 Å². The van der Waals surface area contributed by atoms with Crippen LogP contribution in [-0.2, 0) is 0 Å². The smallest absolute Gasteiger partial charge is 0.119 e. The van der Waals surface area contributed by atoms with Gasteiger partial charge in [0.2, 0.25) is 0 Å². The highest BCUT2D eigenvalue weighted by Gasteiger charge is 2.09. The zero-order valence-corrected chi connectivity index (χ0v) is 13.6. The van der Waals surface area contributed by atoms with E-state index in [-0.39, 0.29) is 12.6 Å². The molecule has 0 aromatic heterocycles. The van der Waals surface area contributed by atoms with Gasteiger partial charge in [0.1, 0.15) is 18.5 Å². The number of para-hydroxylation sites is 1. The first kappa shape index (κ1) is 16.0. The SMILES string of the molecule is C[C@H](NCC(O)COc1ccccc1)c1ccc(Br)cc1. The summed E-state index contributed by atoms with van der Waals surface area (Å²) < 4.78 is 6.59. The Morgan fingerprint density at radius 1 is 1.10 bits per heavy atom. The average molecular weight is 350 g/mol. The highest BCUT2D eigenvalue weighted by molar-refractivity contribution is 9.10. The Balaban J connectivity index is 1.73. The lowest BCUT2D eigenvalue weighted by Gasteiger charge is -2.18. The van der Waals surface area contributed by atoms with Crippen LogP contribution in [0, 0.1) is 0 Å². The second-order valence-corrected chi connectivity index (χ2v) is 5.88. The third-order valence-electron chi connectivity index (χ3n) is 3.22. The Morgan fingerprint density at radius 3 is 2.43 bits per heavy atom. The van der Waals surface area contributed by atoms with E-state index in [2.05, 4.69) is 40.3 Å². The zero-order valence-electron chi connectivity index (χ0n) is 12.0. The molecule has 21 heavy (non-hydrogen) atoms. The van der Waals surface area contributed by atoms with Crippen LogP contribution in [0.1, 0.15) is 18.5 Å². The van der Waals surface area contributed by atoms with Crippen molar-refractivity contribution >= 4 is 15.9 Å². The quantitative estimate of drug-likeness (QED) is 0.803. The van der Waals surface area contributed by atoms with E-state index in [1.54, 1.807) is 0 Å². The summed E-state index contributed by atoms with van der Waals surface area (Å²) in [5.74, 6) is 0.775. The second-order valence-electron chi connectivity index (χ2n) is 4.96. The number of rotatable bonds is 7. The largest absolute Gasteiger partial charge is 0.491 e. The van der Waals surface area contributed by atoms with Gasteiger partial charge in [0.05, 0.1) is 0 Å². The van der Waals surface area contributed by atoms with Gasteiger partial charge in [0, 0.05) is 17.1 Å². The molecule has 0 aliphatic carbocycles. The predicted molar refractivity (Wildman–Crippen MR) is 88.5 cm³/mol. The van der Waals surface area contributed by atoms with Crippen molar-refractivity contribution in [2.75, 3.05) is 13.2 Å². The van der Waals surface area contributed by atoms with E-state index in [1.807, 2.05) is 42.5 Å². The first-order chi connectivity index (χ1) is 10.1. The molecule has 0 aliphatic heterocycles. The van der Waals surface area contributed by atoms with Crippen molar-refractivity contribution < 1.29 is 9.84 Å². The predicted octanol–water partition coefficient (Wildman–Crippen LogP) is 3.54. The van der Waals surface area contributed by atoms with Gasteiger partial charge in [-0.25, -0.2) is 0 Å². The van der Waals surface area contributed by atoms with Crippen molar-refractivity contribution in [3.05, 3.63) is 64.6 Å². The summed E-state index contributed by atoms with van der Waals surface area (Å²) in [6.07, 6.45) is -0.539. The number of aliphatic hydroxyl groups excluding tert-OH is 1. The minimum absolute atomic E-state index is 0.185. The molecule has 2 aromatic carbocycles. The molecule has 2 aromatic rings. The maximum atomic E-state index is 9.96. The number of nitrogens with one attached hydrogen (secondary N) is 1. The number of halogens is 1. The van der Waals surface area contributed by atoms with Crippen molar-refractivity contribution in [1.29, 1.82) is 0 Å². The Kier molecular flexibility index (Phi) is 6.23. The zero-order chi connectivity index (χ0) is 15.1. The molecular weight excluding hydrogens is 330 g/mol. The molecule has 0 bridgehead atoms.